The summed E-state index contributed by atoms with van der Waals surface area (Å²) in [6.07, 6.45) is 0.428. The fraction of sp³-hybridized carbons (Fsp3) is 0.500. The third-order valence-corrected chi connectivity index (χ3v) is 4.43. The fourth-order valence-electron chi connectivity index (χ4n) is 2.95. The summed E-state index contributed by atoms with van der Waals surface area (Å²) in [5.41, 5.74) is 1.25. The molecule has 23 heavy (non-hydrogen) atoms. The maximum atomic E-state index is 12.5. The van der Waals surface area contributed by atoms with Gasteiger partial charge in [0.1, 0.15) is 5.82 Å². The summed E-state index contributed by atoms with van der Waals surface area (Å²) in [6.45, 7) is 4.75. The number of likely N-dealkylation sites (N-methyl/N-ethyl adjacent to an activating group) is 1. The third kappa shape index (κ3) is 3.56. The highest BCUT2D eigenvalue weighted by molar-refractivity contribution is 5.76. The molecular formula is C16H22N6O. The molecule has 0 aliphatic carbocycles. The predicted octanol–water partition coefficient (Wildman–Crippen LogP) is 0.887. The molecule has 3 rings (SSSR count). The van der Waals surface area contributed by atoms with Crippen molar-refractivity contribution in [2.75, 3.05) is 26.7 Å². The largest absolute Gasteiger partial charge is 0.339 e. The maximum absolute atomic E-state index is 12.5. The zero-order valence-electron chi connectivity index (χ0n) is 13.6. The van der Waals surface area contributed by atoms with E-state index in [9.17, 15) is 4.79 Å². The van der Waals surface area contributed by atoms with E-state index in [0.717, 1.165) is 25.5 Å². The first-order valence-electron chi connectivity index (χ1n) is 7.91. The summed E-state index contributed by atoms with van der Waals surface area (Å²) in [5, 5.41) is 11.3. The Morgan fingerprint density at radius 3 is 2.74 bits per heavy atom. The molecule has 0 N–H and O–H groups in total. The molecule has 1 amide bonds. The smallest absolute Gasteiger partial charge is 0.224 e. The van der Waals surface area contributed by atoms with Gasteiger partial charge in [0.2, 0.25) is 5.91 Å². The van der Waals surface area contributed by atoms with E-state index < -0.39 is 0 Å². The van der Waals surface area contributed by atoms with Crippen LogP contribution in [0.3, 0.4) is 0 Å². The van der Waals surface area contributed by atoms with Gasteiger partial charge in [-0.2, -0.15) is 0 Å². The van der Waals surface area contributed by atoms with Gasteiger partial charge in [-0.05, 0) is 30.0 Å². The molecule has 0 saturated carbocycles. The molecule has 7 heteroatoms. The standard InChI is InChI=1S/C16H22N6O/c1-13-17-18-19-22(13)9-8-16(23)21-11-10-20(2)15(12-21)14-6-4-3-5-7-14/h3-7,15H,8-12H2,1-2H3. The van der Waals surface area contributed by atoms with Crippen LogP contribution >= 0.6 is 0 Å². The first kappa shape index (κ1) is 15.6. The zero-order chi connectivity index (χ0) is 16.2. The molecule has 1 aliphatic heterocycles. The number of amides is 1. The van der Waals surface area contributed by atoms with Crippen LogP contribution in [0, 0.1) is 6.92 Å². The summed E-state index contributed by atoms with van der Waals surface area (Å²) >= 11 is 0. The van der Waals surface area contributed by atoms with Crippen LogP contribution in [-0.2, 0) is 11.3 Å². The van der Waals surface area contributed by atoms with E-state index in [2.05, 4.69) is 39.6 Å². The van der Waals surface area contributed by atoms with Crippen LogP contribution in [0.25, 0.3) is 0 Å². The second kappa shape index (κ2) is 6.87. The van der Waals surface area contributed by atoms with Crippen molar-refractivity contribution >= 4 is 5.91 Å². The average molecular weight is 314 g/mol. The minimum Gasteiger partial charge on any atom is -0.339 e. The second-order valence-electron chi connectivity index (χ2n) is 5.95. The molecule has 7 nitrogen and oxygen atoms in total. The van der Waals surface area contributed by atoms with Gasteiger partial charge in [-0.3, -0.25) is 9.69 Å². The number of carbonyl (C=O) groups is 1. The van der Waals surface area contributed by atoms with E-state index in [4.69, 9.17) is 0 Å². The molecule has 1 unspecified atom stereocenters. The Morgan fingerprint density at radius 1 is 1.26 bits per heavy atom. The van der Waals surface area contributed by atoms with Crippen LogP contribution in [-0.4, -0.2) is 62.6 Å². The highest BCUT2D eigenvalue weighted by Gasteiger charge is 2.28. The van der Waals surface area contributed by atoms with Crippen LogP contribution < -0.4 is 0 Å². The Morgan fingerprint density at radius 2 is 2.04 bits per heavy atom. The highest BCUT2D eigenvalue weighted by atomic mass is 16.2. The molecule has 122 valence electrons. The normalized spacial score (nSPS) is 19.0. The van der Waals surface area contributed by atoms with Gasteiger partial charge in [-0.1, -0.05) is 30.3 Å². The lowest BCUT2D eigenvalue weighted by molar-refractivity contribution is -0.134. The van der Waals surface area contributed by atoms with Crippen molar-refractivity contribution in [2.24, 2.45) is 0 Å². The number of aryl methyl sites for hydroxylation is 2. The van der Waals surface area contributed by atoms with E-state index in [1.807, 2.05) is 30.0 Å². The summed E-state index contributed by atoms with van der Waals surface area (Å²) in [5.74, 6) is 0.896. The van der Waals surface area contributed by atoms with Crippen molar-refractivity contribution in [2.45, 2.75) is 25.9 Å². The molecule has 0 bridgehead atoms. The molecule has 1 aliphatic rings. The lowest BCUT2D eigenvalue weighted by Crippen LogP contribution is -2.49. The molecule has 0 spiro atoms. The molecule has 1 aromatic carbocycles. The maximum Gasteiger partial charge on any atom is 0.224 e. The Bertz CT molecular complexity index is 656. The number of hydrogen-bond donors (Lipinski definition) is 0. The Hall–Kier alpha value is -2.28. The van der Waals surface area contributed by atoms with Gasteiger partial charge in [-0.25, -0.2) is 4.68 Å². The van der Waals surface area contributed by atoms with Gasteiger partial charge in [0, 0.05) is 26.1 Å². The molecule has 1 aromatic heterocycles. The SMILES string of the molecule is Cc1nnnn1CCC(=O)N1CCN(C)C(c2ccccc2)C1. The van der Waals surface area contributed by atoms with Crippen LogP contribution in [0.2, 0.25) is 0 Å². The van der Waals surface area contributed by atoms with Crippen LogP contribution in [0.4, 0.5) is 0 Å². The topological polar surface area (TPSA) is 67.2 Å². The first-order valence-corrected chi connectivity index (χ1v) is 7.91. The molecule has 1 atom stereocenters. The highest BCUT2D eigenvalue weighted by Crippen LogP contribution is 2.24. The number of hydrogen-bond acceptors (Lipinski definition) is 5. The van der Waals surface area contributed by atoms with Crippen molar-refractivity contribution in [3.8, 4) is 0 Å². The third-order valence-electron chi connectivity index (χ3n) is 4.43. The number of piperazine rings is 1. The van der Waals surface area contributed by atoms with Crippen molar-refractivity contribution in [3.63, 3.8) is 0 Å². The molecule has 2 heterocycles. The molecule has 1 saturated heterocycles. The summed E-state index contributed by atoms with van der Waals surface area (Å²) in [7, 11) is 2.12. The number of rotatable bonds is 4. The minimum atomic E-state index is 0.161. The number of benzene rings is 1. The monoisotopic (exact) mass is 314 g/mol. The average Bonchev–Trinajstić information content (AvgIpc) is 2.99. The summed E-state index contributed by atoms with van der Waals surface area (Å²) in [6, 6.07) is 10.6. The molecule has 1 fully saturated rings. The molecular weight excluding hydrogens is 292 g/mol. The van der Waals surface area contributed by atoms with Crippen molar-refractivity contribution in [1.82, 2.24) is 30.0 Å². The Balaban J connectivity index is 1.61. The second-order valence-corrected chi connectivity index (χ2v) is 5.95. The first-order chi connectivity index (χ1) is 11.1. The lowest BCUT2D eigenvalue weighted by Gasteiger charge is -2.39. The Labute approximate surface area is 135 Å². The summed E-state index contributed by atoms with van der Waals surface area (Å²) < 4.78 is 1.67. The van der Waals surface area contributed by atoms with E-state index in [1.165, 1.54) is 5.56 Å². The molecule has 0 radical (unpaired) electrons. The minimum absolute atomic E-state index is 0.161. The van der Waals surface area contributed by atoms with Crippen LogP contribution in [0.15, 0.2) is 30.3 Å². The van der Waals surface area contributed by atoms with Gasteiger partial charge < -0.3 is 4.90 Å². The number of aromatic nitrogens is 4. The predicted molar refractivity (Wildman–Crippen MR) is 85.6 cm³/mol. The van der Waals surface area contributed by atoms with E-state index in [-0.39, 0.29) is 11.9 Å². The van der Waals surface area contributed by atoms with Gasteiger partial charge in [0.05, 0.1) is 12.6 Å². The van der Waals surface area contributed by atoms with Gasteiger partial charge in [0.25, 0.3) is 0 Å². The van der Waals surface area contributed by atoms with Crippen LogP contribution in [0.1, 0.15) is 23.9 Å². The number of carbonyl (C=O) groups excluding carboxylic acids is 1. The van der Waals surface area contributed by atoms with Gasteiger partial charge >= 0.3 is 0 Å². The Kier molecular flexibility index (Phi) is 4.66. The lowest BCUT2D eigenvalue weighted by atomic mass is 10.0. The summed E-state index contributed by atoms with van der Waals surface area (Å²) in [4.78, 5) is 16.8. The van der Waals surface area contributed by atoms with Gasteiger partial charge in [-0.15, -0.1) is 5.10 Å². The van der Waals surface area contributed by atoms with Crippen molar-refractivity contribution in [1.29, 1.82) is 0 Å². The van der Waals surface area contributed by atoms with Crippen LogP contribution in [0.5, 0.6) is 0 Å². The van der Waals surface area contributed by atoms with E-state index in [1.54, 1.807) is 4.68 Å². The number of tetrazole rings is 1. The molecule has 2 aromatic rings. The van der Waals surface area contributed by atoms with E-state index in [0.29, 0.717) is 13.0 Å². The van der Waals surface area contributed by atoms with Crippen molar-refractivity contribution in [3.05, 3.63) is 41.7 Å². The number of nitrogens with zero attached hydrogens (tertiary/aromatic N) is 6. The quantitative estimate of drug-likeness (QED) is 0.838. The van der Waals surface area contributed by atoms with E-state index >= 15 is 0 Å². The van der Waals surface area contributed by atoms with Crippen molar-refractivity contribution < 1.29 is 4.79 Å². The fourth-order valence-corrected chi connectivity index (χ4v) is 2.95. The zero-order valence-corrected chi connectivity index (χ0v) is 13.6. The van der Waals surface area contributed by atoms with Gasteiger partial charge in [0.15, 0.2) is 0 Å².